The van der Waals surface area contributed by atoms with Crippen LogP contribution in [0.5, 0.6) is 0 Å². The Hall–Kier alpha value is -4.19. The molecular formula is C27H23N3O3. The molecule has 5 aromatic rings. The van der Waals surface area contributed by atoms with E-state index in [1.54, 1.807) is 25.5 Å². The molecule has 0 unspecified atom stereocenters. The number of pyridine rings is 2. The van der Waals surface area contributed by atoms with E-state index in [0.29, 0.717) is 27.7 Å². The molecule has 33 heavy (non-hydrogen) atoms. The highest BCUT2D eigenvalue weighted by Crippen LogP contribution is 2.32. The van der Waals surface area contributed by atoms with Crippen molar-refractivity contribution in [2.75, 3.05) is 5.32 Å². The quantitative estimate of drug-likeness (QED) is 0.388. The first kappa shape index (κ1) is 20.7. The van der Waals surface area contributed by atoms with Gasteiger partial charge in [-0.3, -0.25) is 14.6 Å². The number of rotatable bonds is 4. The second-order valence-corrected chi connectivity index (χ2v) is 8.30. The van der Waals surface area contributed by atoms with Crippen LogP contribution >= 0.6 is 0 Å². The number of anilines is 1. The number of aromatic amines is 1. The van der Waals surface area contributed by atoms with Crippen LogP contribution in [0, 0.1) is 13.8 Å². The number of nitrogens with one attached hydrogen (secondary N) is 2. The maximum atomic E-state index is 13.3. The van der Waals surface area contributed by atoms with Crippen molar-refractivity contribution in [2.24, 2.45) is 0 Å². The molecule has 3 heterocycles. The van der Waals surface area contributed by atoms with E-state index in [-0.39, 0.29) is 17.0 Å². The van der Waals surface area contributed by atoms with Gasteiger partial charge in [0.1, 0.15) is 11.3 Å². The largest absolute Gasteiger partial charge is 0.455 e. The molecule has 164 valence electrons. The molecule has 0 saturated heterocycles. The van der Waals surface area contributed by atoms with Crippen LogP contribution in [0.2, 0.25) is 0 Å². The molecule has 0 aliphatic rings. The average molecular weight is 437 g/mol. The van der Waals surface area contributed by atoms with Gasteiger partial charge in [0.05, 0.1) is 16.8 Å². The molecule has 6 nitrogen and oxygen atoms in total. The second-order valence-electron chi connectivity index (χ2n) is 8.30. The van der Waals surface area contributed by atoms with Crippen molar-refractivity contribution in [3.05, 3.63) is 104 Å². The van der Waals surface area contributed by atoms with Crippen LogP contribution in [0.1, 0.15) is 29.7 Å². The minimum atomic E-state index is -0.231. The summed E-state index contributed by atoms with van der Waals surface area (Å²) in [5.41, 5.74) is 4.14. The van der Waals surface area contributed by atoms with Crippen molar-refractivity contribution in [1.29, 1.82) is 0 Å². The minimum absolute atomic E-state index is 0.0612. The summed E-state index contributed by atoms with van der Waals surface area (Å²) in [5.74, 6) is 0.513. The molecule has 5 rings (SSSR count). The van der Waals surface area contributed by atoms with Gasteiger partial charge in [-0.2, -0.15) is 0 Å². The standard InChI is InChI=1S/C27H23N3O3/c1-15-12-20(17(3)30-22-8-4-6-18-9-11-29-27(32)23(18)22)26-21(13-15)24(31)16(2)25(33-26)19-7-5-10-28-14-19/h4-14,17,30H,1-3H3,(H,29,32)/t17-/m1/s1. The molecule has 0 spiro atoms. The molecule has 0 saturated carbocycles. The zero-order valence-electron chi connectivity index (χ0n) is 18.6. The van der Waals surface area contributed by atoms with Crippen molar-refractivity contribution < 1.29 is 4.42 Å². The Morgan fingerprint density at radius 1 is 1.06 bits per heavy atom. The smallest absolute Gasteiger partial charge is 0.257 e. The number of aryl methyl sites for hydroxylation is 1. The topological polar surface area (TPSA) is 88.0 Å². The molecule has 0 aliphatic heterocycles. The summed E-state index contributed by atoms with van der Waals surface area (Å²) in [5, 5.41) is 5.45. The van der Waals surface area contributed by atoms with Crippen molar-refractivity contribution in [2.45, 2.75) is 26.8 Å². The van der Waals surface area contributed by atoms with Crippen LogP contribution in [0.15, 0.2) is 81.1 Å². The first-order valence-electron chi connectivity index (χ1n) is 10.8. The fraction of sp³-hybridized carbons (Fsp3) is 0.148. The van der Waals surface area contributed by atoms with E-state index in [1.807, 2.05) is 62.4 Å². The number of hydrogen-bond acceptors (Lipinski definition) is 5. The summed E-state index contributed by atoms with van der Waals surface area (Å²) in [6.07, 6.45) is 5.02. The molecule has 0 amide bonds. The molecule has 0 radical (unpaired) electrons. The maximum Gasteiger partial charge on any atom is 0.257 e. The van der Waals surface area contributed by atoms with E-state index < -0.39 is 0 Å². The van der Waals surface area contributed by atoms with Gasteiger partial charge < -0.3 is 14.7 Å². The Morgan fingerprint density at radius 2 is 1.91 bits per heavy atom. The van der Waals surface area contributed by atoms with Gasteiger partial charge in [-0.15, -0.1) is 0 Å². The first-order valence-corrected chi connectivity index (χ1v) is 10.8. The molecule has 0 aliphatic carbocycles. The molecule has 6 heteroatoms. The lowest BCUT2D eigenvalue weighted by molar-refractivity contribution is 0.605. The first-order chi connectivity index (χ1) is 15.9. The van der Waals surface area contributed by atoms with Gasteiger partial charge in [0.2, 0.25) is 0 Å². The summed E-state index contributed by atoms with van der Waals surface area (Å²) < 4.78 is 6.37. The van der Waals surface area contributed by atoms with E-state index >= 15 is 0 Å². The van der Waals surface area contributed by atoms with Gasteiger partial charge in [-0.25, -0.2) is 0 Å². The summed E-state index contributed by atoms with van der Waals surface area (Å²) >= 11 is 0. The van der Waals surface area contributed by atoms with Crippen LogP contribution in [0.3, 0.4) is 0 Å². The van der Waals surface area contributed by atoms with E-state index in [4.69, 9.17) is 4.42 Å². The lowest BCUT2D eigenvalue weighted by atomic mass is 9.99. The third-order valence-corrected chi connectivity index (χ3v) is 5.96. The lowest BCUT2D eigenvalue weighted by Gasteiger charge is -2.19. The van der Waals surface area contributed by atoms with Crippen molar-refractivity contribution in [3.63, 3.8) is 0 Å². The molecule has 1 atom stereocenters. The normalized spacial score (nSPS) is 12.2. The predicted molar refractivity (Wildman–Crippen MR) is 132 cm³/mol. The summed E-state index contributed by atoms with van der Waals surface area (Å²) in [4.78, 5) is 32.7. The maximum absolute atomic E-state index is 13.3. The fourth-order valence-corrected chi connectivity index (χ4v) is 4.33. The average Bonchev–Trinajstić information content (AvgIpc) is 2.82. The molecule has 0 bridgehead atoms. The van der Waals surface area contributed by atoms with Crippen LogP contribution in [-0.4, -0.2) is 9.97 Å². The monoisotopic (exact) mass is 437 g/mol. The van der Waals surface area contributed by atoms with E-state index in [2.05, 4.69) is 15.3 Å². The van der Waals surface area contributed by atoms with Crippen LogP contribution in [0.25, 0.3) is 33.1 Å². The Kier molecular flexibility index (Phi) is 5.05. The van der Waals surface area contributed by atoms with Gasteiger partial charge in [0.25, 0.3) is 5.56 Å². The number of aromatic nitrogens is 2. The number of fused-ring (bicyclic) bond motifs is 2. The number of hydrogen-bond donors (Lipinski definition) is 2. The molecule has 0 fully saturated rings. The minimum Gasteiger partial charge on any atom is -0.455 e. The van der Waals surface area contributed by atoms with Crippen LogP contribution < -0.4 is 16.3 Å². The number of nitrogens with zero attached hydrogens (tertiary/aromatic N) is 1. The van der Waals surface area contributed by atoms with E-state index in [1.165, 1.54) is 0 Å². The van der Waals surface area contributed by atoms with Gasteiger partial charge in [-0.05, 0) is 62.1 Å². The van der Waals surface area contributed by atoms with Crippen LogP contribution in [0.4, 0.5) is 5.69 Å². The SMILES string of the molecule is Cc1cc([C@@H](C)Nc2cccc3cc[nH]c(=O)c23)c2oc(-c3cccnc3)c(C)c(=O)c2c1. The lowest BCUT2D eigenvalue weighted by Crippen LogP contribution is -2.14. The highest BCUT2D eigenvalue weighted by molar-refractivity contribution is 5.93. The van der Waals surface area contributed by atoms with Gasteiger partial charge in [0.15, 0.2) is 5.43 Å². The molecule has 3 aromatic heterocycles. The zero-order chi connectivity index (χ0) is 23.1. The van der Waals surface area contributed by atoms with Crippen LogP contribution in [-0.2, 0) is 0 Å². The van der Waals surface area contributed by atoms with E-state index in [9.17, 15) is 9.59 Å². The highest BCUT2D eigenvalue weighted by atomic mass is 16.3. The molecule has 2 aromatic carbocycles. The Morgan fingerprint density at radius 3 is 2.70 bits per heavy atom. The summed E-state index contributed by atoms with van der Waals surface area (Å²) in [7, 11) is 0. The predicted octanol–water partition coefficient (Wildman–Crippen LogP) is 5.49. The highest BCUT2D eigenvalue weighted by Gasteiger charge is 2.19. The van der Waals surface area contributed by atoms with Crippen molar-refractivity contribution in [3.8, 4) is 11.3 Å². The Labute approximate surface area is 189 Å². The summed E-state index contributed by atoms with van der Waals surface area (Å²) in [6.45, 7) is 5.73. The van der Waals surface area contributed by atoms with Crippen molar-refractivity contribution in [1.82, 2.24) is 9.97 Å². The Bertz CT molecular complexity index is 1610. The van der Waals surface area contributed by atoms with Gasteiger partial charge >= 0.3 is 0 Å². The molecular weight excluding hydrogens is 414 g/mol. The zero-order valence-corrected chi connectivity index (χ0v) is 18.6. The number of benzene rings is 2. The van der Waals surface area contributed by atoms with Gasteiger partial charge in [-0.1, -0.05) is 18.2 Å². The number of H-pyrrole nitrogens is 1. The third-order valence-electron chi connectivity index (χ3n) is 5.96. The Balaban J connectivity index is 1.69. The fourth-order valence-electron chi connectivity index (χ4n) is 4.33. The molecule has 2 N–H and O–H groups in total. The van der Waals surface area contributed by atoms with Gasteiger partial charge in [0, 0.05) is 41.0 Å². The third kappa shape index (κ3) is 3.59. The second kappa shape index (κ2) is 8.06. The summed E-state index contributed by atoms with van der Waals surface area (Å²) in [6, 6.07) is 14.9. The van der Waals surface area contributed by atoms with Crippen molar-refractivity contribution >= 4 is 27.4 Å². The van der Waals surface area contributed by atoms with E-state index in [0.717, 1.165) is 27.8 Å².